The molecule has 0 bridgehead atoms. The average molecular weight is 276 g/mol. The van der Waals surface area contributed by atoms with Gasteiger partial charge in [-0.05, 0) is 64.8 Å². The third-order valence-corrected chi connectivity index (χ3v) is 4.07. The summed E-state index contributed by atoms with van der Waals surface area (Å²) < 4.78 is 11.3. The molecule has 110 valence electrons. The van der Waals surface area contributed by atoms with Gasteiger partial charge in [0.2, 0.25) is 0 Å². The highest BCUT2D eigenvalue weighted by Crippen LogP contribution is 2.43. The monoisotopic (exact) mass is 276 g/mol. The standard InChI is InChI=1S/C17H24O3/c1-11-9-12(7-8-14(11)19-6)15(18)13-10-16(2,3)20-17(13,4)5/h7-9,13H,10H2,1-6H3. The third kappa shape index (κ3) is 2.73. The van der Waals surface area contributed by atoms with Crippen LogP contribution in [-0.4, -0.2) is 24.1 Å². The molecule has 0 amide bonds. The maximum absolute atomic E-state index is 12.8. The predicted molar refractivity (Wildman–Crippen MR) is 79.4 cm³/mol. The fourth-order valence-corrected chi connectivity index (χ4v) is 3.20. The second-order valence-corrected chi connectivity index (χ2v) is 6.77. The molecule has 1 atom stereocenters. The van der Waals surface area contributed by atoms with Gasteiger partial charge in [-0.1, -0.05) is 0 Å². The molecule has 2 rings (SSSR count). The van der Waals surface area contributed by atoms with Crippen molar-refractivity contribution in [2.24, 2.45) is 5.92 Å². The van der Waals surface area contributed by atoms with Crippen LogP contribution in [-0.2, 0) is 4.74 Å². The van der Waals surface area contributed by atoms with E-state index in [4.69, 9.17) is 9.47 Å². The number of methoxy groups -OCH3 is 1. The molecule has 1 aliphatic rings. The summed E-state index contributed by atoms with van der Waals surface area (Å²) in [5, 5.41) is 0. The van der Waals surface area contributed by atoms with Crippen molar-refractivity contribution in [2.75, 3.05) is 7.11 Å². The van der Waals surface area contributed by atoms with Crippen LogP contribution in [0.15, 0.2) is 18.2 Å². The van der Waals surface area contributed by atoms with Crippen LogP contribution in [0.25, 0.3) is 0 Å². The third-order valence-electron chi connectivity index (χ3n) is 4.07. The molecule has 1 aliphatic heterocycles. The first-order valence-corrected chi connectivity index (χ1v) is 7.05. The van der Waals surface area contributed by atoms with E-state index in [1.54, 1.807) is 7.11 Å². The number of benzene rings is 1. The molecule has 1 fully saturated rings. The summed E-state index contributed by atoms with van der Waals surface area (Å²) in [7, 11) is 1.64. The van der Waals surface area contributed by atoms with Crippen molar-refractivity contribution in [2.45, 2.75) is 52.2 Å². The highest BCUT2D eigenvalue weighted by atomic mass is 16.5. The summed E-state index contributed by atoms with van der Waals surface area (Å²) in [4.78, 5) is 12.8. The SMILES string of the molecule is COc1ccc(C(=O)C2CC(C)(C)OC2(C)C)cc1C. The number of ketones is 1. The van der Waals surface area contributed by atoms with E-state index in [0.717, 1.165) is 23.3 Å². The molecule has 0 spiro atoms. The Morgan fingerprint density at radius 3 is 2.40 bits per heavy atom. The first-order valence-electron chi connectivity index (χ1n) is 7.05. The van der Waals surface area contributed by atoms with E-state index < -0.39 is 5.60 Å². The van der Waals surface area contributed by atoms with Gasteiger partial charge >= 0.3 is 0 Å². The number of hydrogen-bond acceptors (Lipinski definition) is 3. The minimum Gasteiger partial charge on any atom is -0.496 e. The van der Waals surface area contributed by atoms with Crippen molar-refractivity contribution < 1.29 is 14.3 Å². The summed E-state index contributed by atoms with van der Waals surface area (Å²) in [6, 6.07) is 5.61. The van der Waals surface area contributed by atoms with E-state index in [1.807, 2.05) is 52.8 Å². The van der Waals surface area contributed by atoms with Gasteiger partial charge in [-0.2, -0.15) is 0 Å². The molecule has 20 heavy (non-hydrogen) atoms. The Kier molecular flexibility index (Phi) is 3.67. The lowest BCUT2D eigenvalue weighted by atomic mass is 9.81. The minimum atomic E-state index is -0.422. The van der Waals surface area contributed by atoms with Crippen LogP contribution in [0.2, 0.25) is 0 Å². The van der Waals surface area contributed by atoms with Crippen molar-refractivity contribution in [3.63, 3.8) is 0 Å². The van der Waals surface area contributed by atoms with Crippen molar-refractivity contribution in [1.82, 2.24) is 0 Å². The van der Waals surface area contributed by atoms with Crippen molar-refractivity contribution in [1.29, 1.82) is 0 Å². The van der Waals surface area contributed by atoms with Gasteiger partial charge in [0.05, 0.1) is 24.2 Å². The zero-order valence-corrected chi connectivity index (χ0v) is 13.2. The Balaban J connectivity index is 2.30. The van der Waals surface area contributed by atoms with Crippen molar-refractivity contribution in [3.8, 4) is 5.75 Å². The highest BCUT2D eigenvalue weighted by Gasteiger charge is 2.49. The maximum Gasteiger partial charge on any atom is 0.168 e. The van der Waals surface area contributed by atoms with Crippen LogP contribution in [0.4, 0.5) is 0 Å². The van der Waals surface area contributed by atoms with Crippen LogP contribution in [0, 0.1) is 12.8 Å². The Morgan fingerprint density at radius 1 is 1.30 bits per heavy atom. The zero-order chi connectivity index (χ0) is 15.1. The fourth-order valence-electron chi connectivity index (χ4n) is 3.20. The molecule has 1 unspecified atom stereocenters. The smallest absolute Gasteiger partial charge is 0.168 e. The van der Waals surface area contributed by atoms with Gasteiger partial charge in [0.1, 0.15) is 5.75 Å². The van der Waals surface area contributed by atoms with E-state index in [0.29, 0.717) is 0 Å². The maximum atomic E-state index is 12.8. The Labute approximate surface area is 121 Å². The van der Waals surface area contributed by atoms with E-state index in [1.165, 1.54) is 0 Å². The summed E-state index contributed by atoms with van der Waals surface area (Å²) in [6.45, 7) is 10.0. The van der Waals surface area contributed by atoms with Crippen LogP contribution in [0.5, 0.6) is 5.75 Å². The molecule has 3 heteroatoms. The van der Waals surface area contributed by atoms with Gasteiger partial charge in [0.15, 0.2) is 5.78 Å². The number of aryl methyl sites for hydroxylation is 1. The van der Waals surface area contributed by atoms with Crippen LogP contribution >= 0.6 is 0 Å². The van der Waals surface area contributed by atoms with Gasteiger partial charge in [0, 0.05) is 5.56 Å². The van der Waals surface area contributed by atoms with Gasteiger partial charge < -0.3 is 9.47 Å². The summed E-state index contributed by atoms with van der Waals surface area (Å²) in [5.74, 6) is 0.862. The lowest BCUT2D eigenvalue weighted by molar-refractivity contribution is -0.0712. The lowest BCUT2D eigenvalue weighted by Crippen LogP contribution is -2.33. The molecule has 0 aliphatic carbocycles. The topological polar surface area (TPSA) is 35.5 Å². The molecule has 0 aromatic heterocycles. The first kappa shape index (κ1) is 15.0. The predicted octanol–water partition coefficient (Wildman–Crippen LogP) is 3.78. The molecule has 0 N–H and O–H groups in total. The van der Waals surface area contributed by atoms with Crippen LogP contribution in [0.1, 0.15) is 50.0 Å². The number of hydrogen-bond donors (Lipinski definition) is 0. The highest BCUT2D eigenvalue weighted by molar-refractivity contribution is 5.99. The van der Waals surface area contributed by atoms with E-state index in [9.17, 15) is 4.79 Å². The van der Waals surface area contributed by atoms with Gasteiger partial charge in [-0.3, -0.25) is 4.79 Å². The fraction of sp³-hybridized carbons (Fsp3) is 0.588. The molecule has 3 nitrogen and oxygen atoms in total. The molecule has 0 saturated carbocycles. The molecule has 1 heterocycles. The van der Waals surface area contributed by atoms with Gasteiger partial charge in [-0.15, -0.1) is 0 Å². The largest absolute Gasteiger partial charge is 0.496 e. The summed E-state index contributed by atoms with van der Waals surface area (Å²) in [6.07, 6.45) is 0.754. The number of rotatable bonds is 3. The van der Waals surface area contributed by atoms with Gasteiger partial charge in [-0.25, -0.2) is 0 Å². The molecule has 1 aromatic carbocycles. The number of Topliss-reactive ketones (excluding diaryl/α,β-unsaturated/α-hetero) is 1. The van der Waals surface area contributed by atoms with E-state index in [2.05, 4.69) is 0 Å². The second-order valence-electron chi connectivity index (χ2n) is 6.77. The van der Waals surface area contributed by atoms with Crippen molar-refractivity contribution in [3.05, 3.63) is 29.3 Å². The number of carbonyl (C=O) groups is 1. The Hall–Kier alpha value is -1.35. The van der Waals surface area contributed by atoms with Gasteiger partial charge in [0.25, 0.3) is 0 Å². The average Bonchev–Trinajstić information content (AvgIpc) is 2.56. The molecular weight excluding hydrogens is 252 g/mol. The minimum absolute atomic E-state index is 0.106. The quantitative estimate of drug-likeness (QED) is 0.788. The number of carbonyl (C=O) groups excluding carboxylic acids is 1. The molecule has 1 saturated heterocycles. The van der Waals surface area contributed by atoms with Crippen LogP contribution < -0.4 is 4.74 Å². The molecule has 0 radical (unpaired) electrons. The van der Waals surface area contributed by atoms with Crippen LogP contribution in [0.3, 0.4) is 0 Å². The normalized spacial score (nSPS) is 23.6. The zero-order valence-electron chi connectivity index (χ0n) is 13.2. The number of ether oxygens (including phenoxy) is 2. The summed E-state index contributed by atoms with van der Waals surface area (Å²) >= 11 is 0. The first-order chi connectivity index (χ1) is 9.16. The Bertz CT molecular complexity index is 529. The van der Waals surface area contributed by atoms with E-state index >= 15 is 0 Å². The molecule has 1 aromatic rings. The summed E-state index contributed by atoms with van der Waals surface area (Å²) in [5.41, 5.74) is 1.05. The second kappa shape index (κ2) is 4.88. The lowest BCUT2D eigenvalue weighted by Gasteiger charge is -2.26. The van der Waals surface area contributed by atoms with E-state index in [-0.39, 0.29) is 17.3 Å². The van der Waals surface area contributed by atoms with Crippen molar-refractivity contribution >= 4 is 5.78 Å². The Morgan fingerprint density at radius 2 is 1.95 bits per heavy atom. The molecular formula is C17H24O3.